The Kier molecular flexibility index (Phi) is 3.66. The number of hydrogen-bond acceptors (Lipinski definition) is 3. The van der Waals surface area contributed by atoms with Gasteiger partial charge in [0.1, 0.15) is 0 Å². The summed E-state index contributed by atoms with van der Waals surface area (Å²) in [5.74, 6) is 0. The quantitative estimate of drug-likeness (QED) is 0.808. The zero-order valence-electron chi connectivity index (χ0n) is 12.0. The largest absolute Gasteiger partial charge is 0.322 e. The monoisotopic (exact) mass is 300 g/mol. The fourth-order valence-electron chi connectivity index (χ4n) is 2.50. The Bertz CT molecular complexity index is 794. The molecule has 5 heteroatoms. The molecule has 0 spiro atoms. The second-order valence-corrected chi connectivity index (χ2v) is 5.59. The average molecular weight is 301 g/mol. The molecule has 0 saturated heterocycles. The van der Waals surface area contributed by atoms with Crippen LogP contribution in [-0.2, 0) is 13.5 Å². The van der Waals surface area contributed by atoms with E-state index in [1.54, 1.807) is 4.68 Å². The first-order valence-corrected chi connectivity index (χ1v) is 7.23. The van der Waals surface area contributed by atoms with Gasteiger partial charge in [0, 0.05) is 18.9 Å². The summed E-state index contributed by atoms with van der Waals surface area (Å²) in [7, 11) is 1.88. The van der Waals surface area contributed by atoms with Crippen LogP contribution in [0.1, 0.15) is 23.1 Å². The third-order valence-electron chi connectivity index (χ3n) is 3.67. The maximum Gasteiger partial charge on any atom is 0.0847 e. The van der Waals surface area contributed by atoms with E-state index >= 15 is 0 Å². The van der Waals surface area contributed by atoms with Crippen LogP contribution in [0.2, 0.25) is 5.02 Å². The lowest BCUT2D eigenvalue weighted by Gasteiger charge is -2.12. The second-order valence-electron chi connectivity index (χ2n) is 5.21. The van der Waals surface area contributed by atoms with E-state index in [0.717, 1.165) is 28.0 Å². The summed E-state index contributed by atoms with van der Waals surface area (Å²) in [5.41, 5.74) is 9.89. The third-order valence-corrected chi connectivity index (χ3v) is 4.17. The maximum absolute atomic E-state index is 6.30. The zero-order valence-corrected chi connectivity index (χ0v) is 12.8. The lowest BCUT2D eigenvalue weighted by atomic mass is 10.1. The van der Waals surface area contributed by atoms with E-state index in [1.165, 1.54) is 0 Å². The molecule has 0 radical (unpaired) electrons. The van der Waals surface area contributed by atoms with Gasteiger partial charge < -0.3 is 5.73 Å². The van der Waals surface area contributed by atoms with E-state index in [4.69, 9.17) is 17.3 Å². The number of nitrogens with zero attached hydrogens (tertiary/aromatic N) is 3. The fourth-order valence-corrected chi connectivity index (χ4v) is 2.74. The number of benzene rings is 1. The van der Waals surface area contributed by atoms with Crippen LogP contribution in [0.3, 0.4) is 0 Å². The molecule has 4 nitrogen and oxygen atoms in total. The molecule has 3 aromatic rings. The lowest BCUT2D eigenvalue weighted by molar-refractivity contribution is 0.630. The standard InChI is InChI=1S/C16H17ClN4/c1-10-16(17)15(21(2)20-10)9-12(18)14-8-7-11-5-3-4-6-13(11)19-14/h3-8,12H,9,18H2,1-2H3. The van der Waals surface area contributed by atoms with Crippen molar-refractivity contribution in [3.05, 3.63) is 58.5 Å². The summed E-state index contributed by atoms with van der Waals surface area (Å²) < 4.78 is 1.79. The van der Waals surface area contributed by atoms with Gasteiger partial charge in [-0.15, -0.1) is 0 Å². The lowest BCUT2D eigenvalue weighted by Crippen LogP contribution is -2.17. The van der Waals surface area contributed by atoms with Crippen LogP contribution < -0.4 is 5.73 Å². The molecule has 2 heterocycles. The summed E-state index contributed by atoms with van der Waals surface area (Å²) in [5, 5.41) is 6.12. The number of halogens is 1. The highest BCUT2D eigenvalue weighted by Crippen LogP contribution is 2.24. The summed E-state index contributed by atoms with van der Waals surface area (Å²) in [4.78, 5) is 4.64. The zero-order chi connectivity index (χ0) is 15.0. The van der Waals surface area contributed by atoms with Crippen molar-refractivity contribution in [3.63, 3.8) is 0 Å². The van der Waals surface area contributed by atoms with Crippen LogP contribution in [0, 0.1) is 6.92 Å². The molecule has 0 saturated carbocycles. The van der Waals surface area contributed by atoms with Crippen LogP contribution in [0.5, 0.6) is 0 Å². The average Bonchev–Trinajstić information content (AvgIpc) is 2.73. The molecular weight excluding hydrogens is 284 g/mol. The van der Waals surface area contributed by atoms with Gasteiger partial charge >= 0.3 is 0 Å². The molecule has 108 valence electrons. The van der Waals surface area contributed by atoms with Crippen LogP contribution in [-0.4, -0.2) is 14.8 Å². The van der Waals surface area contributed by atoms with Gasteiger partial charge in [0.05, 0.1) is 33.7 Å². The second kappa shape index (κ2) is 5.47. The molecule has 1 aromatic carbocycles. The Morgan fingerprint density at radius 1 is 1.24 bits per heavy atom. The Morgan fingerprint density at radius 2 is 2.00 bits per heavy atom. The summed E-state index contributed by atoms with van der Waals surface area (Å²) in [6.45, 7) is 1.89. The van der Waals surface area contributed by atoms with Crippen molar-refractivity contribution in [2.75, 3.05) is 0 Å². The third kappa shape index (κ3) is 2.64. The van der Waals surface area contributed by atoms with Crippen molar-refractivity contribution in [1.29, 1.82) is 0 Å². The Balaban J connectivity index is 1.91. The number of aromatic nitrogens is 3. The summed E-state index contributed by atoms with van der Waals surface area (Å²) >= 11 is 6.28. The van der Waals surface area contributed by atoms with Crippen LogP contribution >= 0.6 is 11.6 Å². The minimum absolute atomic E-state index is 0.207. The summed E-state index contributed by atoms with van der Waals surface area (Å²) in [6, 6.07) is 11.8. The van der Waals surface area contributed by atoms with Gasteiger partial charge in [0.2, 0.25) is 0 Å². The highest BCUT2D eigenvalue weighted by Gasteiger charge is 2.16. The number of nitrogens with two attached hydrogens (primary N) is 1. The number of aryl methyl sites for hydroxylation is 2. The number of para-hydroxylation sites is 1. The Labute approximate surface area is 128 Å². The van der Waals surface area contributed by atoms with E-state index in [-0.39, 0.29) is 6.04 Å². The molecule has 3 rings (SSSR count). The van der Waals surface area contributed by atoms with Gasteiger partial charge in [-0.05, 0) is 19.1 Å². The predicted molar refractivity (Wildman–Crippen MR) is 85.3 cm³/mol. The molecule has 0 aliphatic rings. The molecule has 0 aliphatic heterocycles. The summed E-state index contributed by atoms with van der Waals surface area (Å²) in [6.07, 6.45) is 0.613. The first-order valence-electron chi connectivity index (χ1n) is 6.85. The highest BCUT2D eigenvalue weighted by atomic mass is 35.5. The Hall–Kier alpha value is -1.91. The van der Waals surface area contributed by atoms with Crippen molar-refractivity contribution >= 4 is 22.5 Å². The fraction of sp³-hybridized carbons (Fsp3) is 0.250. The number of pyridine rings is 1. The van der Waals surface area contributed by atoms with Crippen molar-refractivity contribution in [3.8, 4) is 0 Å². The molecular formula is C16H17ClN4. The molecule has 1 unspecified atom stereocenters. The maximum atomic E-state index is 6.30. The predicted octanol–water partition coefficient (Wildman–Crippen LogP) is 3.17. The number of rotatable bonds is 3. The number of fused-ring (bicyclic) bond motifs is 1. The molecule has 2 N–H and O–H groups in total. The van der Waals surface area contributed by atoms with Gasteiger partial charge in [-0.25, -0.2) is 0 Å². The van der Waals surface area contributed by atoms with Crippen molar-refractivity contribution in [2.45, 2.75) is 19.4 Å². The minimum Gasteiger partial charge on any atom is -0.322 e. The Morgan fingerprint density at radius 3 is 2.71 bits per heavy atom. The molecule has 1 atom stereocenters. The van der Waals surface area contributed by atoms with Gasteiger partial charge in [0.15, 0.2) is 0 Å². The van der Waals surface area contributed by atoms with E-state index in [1.807, 2.05) is 50.4 Å². The van der Waals surface area contributed by atoms with E-state index in [2.05, 4.69) is 10.1 Å². The topological polar surface area (TPSA) is 56.7 Å². The van der Waals surface area contributed by atoms with Gasteiger partial charge in [0.25, 0.3) is 0 Å². The first kappa shape index (κ1) is 14.0. The van der Waals surface area contributed by atoms with Crippen molar-refractivity contribution in [1.82, 2.24) is 14.8 Å². The van der Waals surface area contributed by atoms with E-state index in [9.17, 15) is 0 Å². The normalized spacial score (nSPS) is 12.8. The van der Waals surface area contributed by atoms with Crippen LogP contribution in [0.25, 0.3) is 10.9 Å². The van der Waals surface area contributed by atoms with Gasteiger partial charge in [-0.1, -0.05) is 35.9 Å². The van der Waals surface area contributed by atoms with Crippen LogP contribution in [0.4, 0.5) is 0 Å². The van der Waals surface area contributed by atoms with Crippen molar-refractivity contribution in [2.24, 2.45) is 12.8 Å². The van der Waals surface area contributed by atoms with E-state index in [0.29, 0.717) is 11.4 Å². The van der Waals surface area contributed by atoms with Crippen molar-refractivity contribution < 1.29 is 0 Å². The SMILES string of the molecule is Cc1nn(C)c(CC(N)c2ccc3ccccc3n2)c1Cl. The molecule has 0 amide bonds. The smallest absolute Gasteiger partial charge is 0.0847 e. The molecule has 21 heavy (non-hydrogen) atoms. The molecule has 0 aliphatic carbocycles. The molecule has 0 bridgehead atoms. The van der Waals surface area contributed by atoms with Crippen LogP contribution in [0.15, 0.2) is 36.4 Å². The number of hydrogen-bond donors (Lipinski definition) is 1. The van der Waals surface area contributed by atoms with Gasteiger partial charge in [-0.3, -0.25) is 9.67 Å². The first-order chi connectivity index (χ1) is 10.1. The minimum atomic E-state index is -0.207. The molecule has 0 fully saturated rings. The van der Waals surface area contributed by atoms with E-state index < -0.39 is 0 Å². The molecule has 2 aromatic heterocycles. The highest BCUT2D eigenvalue weighted by molar-refractivity contribution is 6.31. The van der Waals surface area contributed by atoms with Gasteiger partial charge in [-0.2, -0.15) is 5.10 Å².